The minimum absolute atomic E-state index is 0.0667. The molecule has 0 bridgehead atoms. The summed E-state index contributed by atoms with van der Waals surface area (Å²) in [6, 6.07) is 36.5. The van der Waals surface area contributed by atoms with Gasteiger partial charge in [-0.15, -0.1) is 11.8 Å². The van der Waals surface area contributed by atoms with Crippen LogP contribution in [0.25, 0.3) is 16.8 Å². The number of carbonyl (C=O) groups is 3. The van der Waals surface area contributed by atoms with Crippen LogP contribution in [0.15, 0.2) is 132 Å². The number of hydrogen-bond acceptors (Lipinski definition) is 4. The summed E-state index contributed by atoms with van der Waals surface area (Å²) in [6.07, 6.45) is 1.59. The van der Waals surface area contributed by atoms with Crippen LogP contribution < -0.4 is 16.0 Å². The lowest BCUT2D eigenvalue weighted by Crippen LogP contribution is -2.30. The second kappa shape index (κ2) is 13.9. The zero-order valence-electron chi connectivity index (χ0n) is 23.2. The van der Waals surface area contributed by atoms with Crippen LogP contribution in [0.1, 0.15) is 22.8 Å². The van der Waals surface area contributed by atoms with Crippen molar-refractivity contribution in [2.45, 2.75) is 17.1 Å². The van der Waals surface area contributed by atoms with Crippen molar-refractivity contribution in [2.24, 2.45) is 0 Å². The molecule has 0 aromatic heterocycles. The zero-order valence-corrected chi connectivity index (χ0v) is 24.8. The highest BCUT2D eigenvalue weighted by Crippen LogP contribution is 2.28. The van der Waals surface area contributed by atoms with E-state index in [0.29, 0.717) is 21.8 Å². The third kappa shape index (κ3) is 7.92. The molecule has 0 fully saturated rings. The van der Waals surface area contributed by atoms with E-state index in [0.717, 1.165) is 21.4 Å². The lowest BCUT2D eigenvalue weighted by molar-refractivity contribution is -0.115. The first-order valence-electron chi connectivity index (χ1n) is 13.6. The Bertz CT molecular complexity index is 1800. The standard InChI is InChI=1S/C35H28ClN3O3S/c1-23(33(40)38-31-16-7-12-25-9-5-6-15-30(25)31)43-29-14-8-13-28(22-29)37-35(42)32(21-24-17-19-27(36)20-18-24)39-34(41)26-10-3-2-4-11-26/h2-23H,1H3,(H,37,42)(H,38,40)(H,39,41)/b32-21+. The van der Waals surface area contributed by atoms with Gasteiger partial charge in [-0.1, -0.05) is 84.4 Å². The first kappa shape index (κ1) is 29.6. The van der Waals surface area contributed by atoms with E-state index < -0.39 is 17.1 Å². The van der Waals surface area contributed by atoms with Gasteiger partial charge in [0.05, 0.1) is 5.25 Å². The average Bonchev–Trinajstić information content (AvgIpc) is 3.02. The Hall–Kier alpha value is -4.85. The molecule has 3 amide bonds. The first-order valence-corrected chi connectivity index (χ1v) is 14.8. The normalized spacial score (nSPS) is 11.9. The predicted octanol–water partition coefficient (Wildman–Crippen LogP) is 8.02. The van der Waals surface area contributed by atoms with Gasteiger partial charge in [-0.25, -0.2) is 0 Å². The van der Waals surface area contributed by atoms with E-state index >= 15 is 0 Å². The van der Waals surface area contributed by atoms with Gasteiger partial charge in [-0.3, -0.25) is 14.4 Å². The van der Waals surface area contributed by atoms with Crippen LogP contribution in [0.3, 0.4) is 0 Å². The van der Waals surface area contributed by atoms with Gasteiger partial charge in [-0.05, 0) is 72.5 Å². The van der Waals surface area contributed by atoms with E-state index in [1.54, 1.807) is 72.8 Å². The molecule has 1 unspecified atom stereocenters. The Morgan fingerprint density at radius 2 is 1.47 bits per heavy atom. The van der Waals surface area contributed by atoms with E-state index in [1.807, 2.05) is 61.5 Å². The van der Waals surface area contributed by atoms with Gasteiger partial charge in [-0.2, -0.15) is 0 Å². The maximum Gasteiger partial charge on any atom is 0.272 e. The Morgan fingerprint density at radius 3 is 2.26 bits per heavy atom. The Balaban J connectivity index is 1.29. The molecule has 0 aliphatic carbocycles. The SMILES string of the molecule is CC(Sc1cccc(NC(=O)/C(=C\c2ccc(Cl)cc2)NC(=O)c2ccccc2)c1)C(=O)Nc1cccc2ccccc12. The highest BCUT2D eigenvalue weighted by atomic mass is 35.5. The molecule has 0 saturated carbocycles. The Labute approximate surface area is 259 Å². The van der Waals surface area contributed by atoms with Crippen molar-refractivity contribution in [3.8, 4) is 0 Å². The van der Waals surface area contributed by atoms with Gasteiger partial charge in [0.1, 0.15) is 5.70 Å². The number of benzene rings is 5. The third-order valence-corrected chi connectivity index (χ3v) is 7.88. The molecular formula is C35H28ClN3O3S. The van der Waals surface area contributed by atoms with Crippen LogP contribution in [-0.4, -0.2) is 23.0 Å². The van der Waals surface area contributed by atoms with E-state index in [-0.39, 0.29) is 11.6 Å². The second-order valence-corrected chi connectivity index (χ2v) is 11.5. The molecule has 6 nitrogen and oxygen atoms in total. The molecule has 5 aromatic rings. The lowest BCUT2D eigenvalue weighted by atomic mass is 10.1. The molecule has 0 saturated heterocycles. The Kier molecular flexibility index (Phi) is 9.56. The van der Waals surface area contributed by atoms with Crippen molar-refractivity contribution < 1.29 is 14.4 Å². The minimum atomic E-state index is -0.497. The van der Waals surface area contributed by atoms with E-state index in [2.05, 4.69) is 16.0 Å². The van der Waals surface area contributed by atoms with E-state index in [9.17, 15) is 14.4 Å². The molecule has 214 valence electrons. The van der Waals surface area contributed by atoms with Crippen LogP contribution in [-0.2, 0) is 9.59 Å². The molecule has 8 heteroatoms. The fourth-order valence-electron chi connectivity index (χ4n) is 4.34. The summed E-state index contributed by atoms with van der Waals surface area (Å²) in [7, 11) is 0. The smallest absolute Gasteiger partial charge is 0.272 e. The highest BCUT2D eigenvalue weighted by molar-refractivity contribution is 8.00. The topological polar surface area (TPSA) is 87.3 Å². The fourth-order valence-corrected chi connectivity index (χ4v) is 5.39. The van der Waals surface area contributed by atoms with Crippen molar-refractivity contribution in [3.05, 3.63) is 143 Å². The Morgan fingerprint density at radius 1 is 0.767 bits per heavy atom. The predicted molar refractivity (Wildman–Crippen MR) is 176 cm³/mol. The van der Waals surface area contributed by atoms with Gasteiger partial charge in [0.2, 0.25) is 5.91 Å². The maximum absolute atomic E-state index is 13.4. The molecule has 1 atom stereocenters. The van der Waals surface area contributed by atoms with Crippen LogP contribution in [0.2, 0.25) is 5.02 Å². The molecule has 5 rings (SSSR count). The molecule has 0 radical (unpaired) electrons. The maximum atomic E-state index is 13.4. The summed E-state index contributed by atoms with van der Waals surface area (Å²) in [5.41, 5.74) is 2.46. The van der Waals surface area contributed by atoms with Gasteiger partial charge in [0, 0.05) is 32.2 Å². The monoisotopic (exact) mass is 605 g/mol. The van der Waals surface area contributed by atoms with Crippen molar-refractivity contribution >= 4 is 69.3 Å². The summed E-state index contributed by atoms with van der Waals surface area (Å²) in [5.74, 6) is -1.04. The number of anilines is 2. The summed E-state index contributed by atoms with van der Waals surface area (Å²) in [6.45, 7) is 1.84. The quantitative estimate of drug-likeness (QED) is 0.117. The highest BCUT2D eigenvalue weighted by Gasteiger charge is 2.18. The van der Waals surface area contributed by atoms with E-state index in [4.69, 9.17) is 11.6 Å². The van der Waals surface area contributed by atoms with Gasteiger partial charge < -0.3 is 16.0 Å². The summed E-state index contributed by atoms with van der Waals surface area (Å²) < 4.78 is 0. The van der Waals surface area contributed by atoms with Crippen LogP contribution in [0.5, 0.6) is 0 Å². The number of nitrogens with one attached hydrogen (secondary N) is 3. The summed E-state index contributed by atoms with van der Waals surface area (Å²) in [4.78, 5) is 40.2. The zero-order chi connectivity index (χ0) is 30.2. The number of amides is 3. The molecule has 0 aliphatic rings. The molecule has 0 heterocycles. The largest absolute Gasteiger partial charge is 0.325 e. The molecule has 3 N–H and O–H groups in total. The van der Waals surface area contributed by atoms with Crippen LogP contribution >= 0.6 is 23.4 Å². The fraction of sp³-hybridized carbons (Fsp3) is 0.0571. The van der Waals surface area contributed by atoms with Gasteiger partial charge in [0.15, 0.2) is 0 Å². The minimum Gasteiger partial charge on any atom is -0.325 e. The number of halogens is 1. The van der Waals surface area contributed by atoms with Crippen molar-refractivity contribution in [3.63, 3.8) is 0 Å². The van der Waals surface area contributed by atoms with Crippen LogP contribution in [0, 0.1) is 0 Å². The lowest BCUT2D eigenvalue weighted by Gasteiger charge is -2.15. The number of rotatable bonds is 9. The van der Waals surface area contributed by atoms with Gasteiger partial charge >= 0.3 is 0 Å². The number of thioether (sulfide) groups is 1. The van der Waals surface area contributed by atoms with Crippen LogP contribution in [0.4, 0.5) is 11.4 Å². The average molecular weight is 606 g/mol. The van der Waals surface area contributed by atoms with Crippen molar-refractivity contribution in [1.82, 2.24) is 5.32 Å². The van der Waals surface area contributed by atoms with E-state index in [1.165, 1.54) is 11.8 Å². The summed E-state index contributed by atoms with van der Waals surface area (Å²) in [5, 5.41) is 10.8. The van der Waals surface area contributed by atoms with Crippen molar-refractivity contribution in [2.75, 3.05) is 10.6 Å². The third-order valence-electron chi connectivity index (χ3n) is 6.53. The molecule has 43 heavy (non-hydrogen) atoms. The number of hydrogen-bond donors (Lipinski definition) is 3. The van der Waals surface area contributed by atoms with Crippen molar-refractivity contribution in [1.29, 1.82) is 0 Å². The summed E-state index contributed by atoms with van der Waals surface area (Å²) >= 11 is 7.40. The second-order valence-electron chi connectivity index (χ2n) is 9.69. The number of fused-ring (bicyclic) bond motifs is 1. The number of carbonyl (C=O) groups excluding carboxylic acids is 3. The first-order chi connectivity index (χ1) is 20.9. The van der Waals surface area contributed by atoms with Gasteiger partial charge in [0.25, 0.3) is 11.8 Å². The molecule has 0 spiro atoms. The molecule has 5 aromatic carbocycles. The molecule has 0 aliphatic heterocycles. The molecular weight excluding hydrogens is 578 g/mol.